The largest absolute Gasteiger partial charge is 0.300 e. The number of benzene rings is 2. The van der Waals surface area contributed by atoms with Crippen LogP contribution in [0.4, 0.5) is 8.78 Å². The van der Waals surface area contributed by atoms with Crippen molar-refractivity contribution in [3.05, 3.63) is 99.4 Å². The lowest BCUT2D eigenvalue weighted by molar-refractivity contribution is 0.296. The van der Waals surface area contributed by atoms with Crippen LogP contribution in [0.25, 0.3) is 28.7 Å². The van der Waals surface area contributed by atoms with Crippen LogP contribution in [-0.4, -0.2) is 32.5 Å². The summed E-state index contributed by atoms with van der Waals surface area (Å²) >= 11 is 0. The summed E-state index contributed by atoms with van der Waals surface area (Å²) in [4.78, 5) is 24.4. The summed E-state index contributed by atoms with van der Waals surface area (Å²) in [5, 5.41) is 0.160. The summed E-state index contributed by atoms with van der Waals surface area (Å²) in [5.74, 6) is -0.584. The Morgan fingerprint density at radius 3 is 2.56 bits per heavy atom. The highest BCUT2D eigenvalue weighted by Gasteiger charge is 2.14. The fourth-order valence-electron chi connectivity index (χ4n) is 3.90. The van der Waals surface area contributed by atoms with Gasteiger partial charge in [0.05, 0.1) is 22.8 Å². The summed E-state index contributed by atoms with van der Waals surface area (Å²) in [7, 11) is 0. The molecule has 0 fully saturated rings. The van der Waals surface area contributed by atoms with Crippen LogP contribution in [0, 0.1) is 18.6 Å². The van der Waals surface area contributed by atoms with Gasteiger partial charge >= 0.3 is 0 Å². The predicted molar refractivity (Wildman–Crippen MR) is 132 cm³/mol. The van der Waals surface area contributed by atoms with Gasteiger partial charge < -0.3 is 0 Å². The van der Waals surface area contributed by atoms with Crippen molar-refractivity contribution in [1.82, 2.24) is 19.4 Å². The zero-order valence-corrected chi connectivity index (χ0v) is 19.4. The molecule has 0 unspecified atom stereocenters. The Bertz CT molecular complexity index is 1420. The maximum absolute atomic E-state index is 14.6. The van der Waals surface area contributed by atoms with Crippen molar-refractivity contribution in [2.24, 2.45) is 0 Å². The molecule has 2 aromatic carbocycles. The minimum Gasteiger partial charge on any atom is -0.300 e. The number of fused-ring (bicyclic) bond motifs is 1. The molecule has 0 atom stereocenters. The van der Waals surface area contributed by atoms with Crippen LogP contribution in [0.15, 0.2) is 59.7 Å². The quantitative estimate of drug-likeness (QED) is 0.372. The number of rotatable bonds is 7. The van der Waals surface area contributed by atoms with E-state index in [1.807, 2.05) is 6.92 Å². The van der Waals surface area contributed by atoms with Gasteiger partial charge in [0.1, 0.15) is 17.5 Å². The second kappa shape index (κ2) is 10.1. The first kappa shape index (κ1) is 23.4. The molecule has 0 saturated heterocycles. The molecular weight excluding hydrogens is 434 g/mol. The number of hydrogen-bond donors (Lipinski definition) is 0. The van der Waals surface area contributed by atoms with Crippen molar-refractivity contribution in [3.63, 3.8) is 0 Å². The Morgan fingerprint density at radius 1 is 1.03 bits per heavy atom. The number of halogens is 2. The molecule has 0 saturated carbocycles. The first-order valence-electron chi connectivity index (χ1n) is 11.2. The van der Waals surface area contributed by atoms with Gasteiger partial charge in [-0.05, 0) is 79.7 Å². The molecule has 174 valence electrons. The molecule has 0 N–H and O–H groups in total. The molecule has 0 aliphatic carbocycles. The first-order chi connectivity index (χ1) is 16.4. The number of aryl methyl sites for hydroxylation is 1. The molecule has 7 heteroatoms. The molecule has 2 aromatic heterocycles. The molecule has 0 aliphatic rings. The second-order valence-electron chi connectivity index (χ2n) is 8.08. The highest BCUT2D eigenvalue weighted by Crippen LogP contribution is 2.20. The van der Waals surface area contributed by atoms with Gasteiger partial charge in [-0.2, -0.15) is 0 Å². The number of nitrogens with zero attached hydrogens (tertiary/aromatic N) is 4. The van der Waals surface area contributed by atoms with Crippen molar-refractivity contribution in [3.8, 4) is 5.69 Å². The summed E-state index contributed by atoms with van der Waals surface area (Å²) in [6.45, 7) is 8.54. The van der Waals surface area contributed by atoms with E-state index in [1.54, 1.807) is 42.7 Å². The van der Waals surface area contributed by atoms with Crippen LogP contribution >= 0.6 is 0 Å². The molecule has 4 aromatic rings. The summed E-state index contributed by atoms with van der Waals surface area (Å²) < 4.78 is 29.9. The van der Waals surface area contributed by atoms with Gasteiger partial charge in [-0.3, -0.25) is 19.2 Å². The smallest absolute Gasteiger partial charge is 0.266 e. The van der Waals surface area contributed by atoms with Crippen molar-refractivity contribution in [1.29, 1.82) is 0 Å². The molecule has 34 heavy (non-hydrogen) atoms. The topological polar surface area (TPSA) is 51.0 Å². The third kappa shape index (κ3) is 4.79. The minimum absolute atomic E-state index is 0.160. The lowest BCUT2D eigenvalue weighted by Crippen LogP contribution is -2.23. The van der Waals surface area contributed by atoms with E-state index in [-0.39, 0.29) is 11.2 Å². The maximum Gasteiger partial charge on any atom is 0.266 e. The Labute approximate surface area is 197 Å². The monoisotopic (exact) mass is 460 g/mol. The molecule has 0 radical (unpaired) electrons. The lowest BCUT2D eigenvalue weighted by Gasteiger charge is -2.18. The van der Waals surface area contributed by atoms with Crippen molar-refractivity contribution in [2.75, 3.05) is 13.1 Å². The van der Waals surface area contributed by atoms with Gasteiger partial charge in [-0.25, -0.2) is 13.8 Å². The molecule has 0 spiro atoms. The minimum atomic E-state index is -0.517. The Hall–Kier alpha value is -3.71. The molecule has 0 bridgehead atoms. The Morgan fingerprint density at radius 2 is 1.82 bits per heavy atom. The van der Waals surface area contributed by atoms with Gasteiger partial charge in [-0.15, -0.1) is 0 Å². The number of hydrogen-bond acceptors (Lipinski definition) is 4. The maximum atomic E-state index is 14.6. The lowest BCUT2D eigenvalue weighted by atomic mass is 10.1. The van der Waals surface area contributed by atoms with Gasteiger partial charge in [0.15, 0.2) is 0 Å². The predicted octanol–water partition coefficient (Wildman–Crippen LogP) is 5.38. The van der Waals surface area contributed by atoms with E-state index < -0.39 is 11.4 Å². The van der Waals surface area contributed by atoms with Crippen LogP contribution in [0.1, 0.15) is 36.4 Å². The van der Waals surface area contributed by atoms with E-state index in [2.05, 4.69) is 28.7 Å². The Balaban J connectivity index is 1.85. The number of pyridine rings is 1. The van der Waals surface area contributed by atoms with E-state index in [4.69, 9.17) is 0 Å². The third-order valence-corrected chi connectivity index (χ3v) is 5.88. The fraction of sp³-hybridized carbons (Fsp3) is 0.222. The summed E-state index contributed by atoms with van der Waals surface area (Å²) in [5.41, 5.74) is 2.66. The first-order valence-corrected chi connectivity index (χ1v) is 11.2. The van der Waals surface area contributed by atoms with Gasteiger partial charge in [-0.1, -0.05) is 19.9 Å². The molecular formula is C27H26F2N4O. The summed E-state index contributed by atoms with van der Waals surface area (Å²) in [6.07, 6.45) is 6.41. The van der Waals surface area contributed by atoms with Crippen LogP contribution in [0.5, 0.6) is 0 Å². The molecule has 0 amide bonds. The number of aromatic nitrogens is 3. The van der Waals surface area contributed by atoms with E-state index in [0.717, 1.165) is 24.2 Å². The molecule has 2 heterocycles. The molecule has 4 rings (SSSR count). The Kier molecular flexibility index (Phi) is 6.93. The van der Waals surface area contributed by atoms with Gasteiger partial charge in [0.2, 0.25) is 0 Å². The summed E-state index contributed by atoms with van der Waals surface area (Å²) in [6, 6.07) is 10.7. The molecule has 0 aliphatic heterocycles. The van der Waals surface area contributed by atoms with Gasteiger partial charge in [0.25, 0.3) is 5.56 Å². The normalized spacial score (nSPS) is 11.7. The highest BCUT2D eigenvalue weighted by atomic mass is 19.1. The van der Waals surface area contributed by atoms with Gasteiger partial charge in [0, 0.05) is 18.3 Å². The van der Waals surface area contributed by atoms with E-state index in [0.29, 0.717) is 29.1 Å². The van der Waals surface area contributed by atoms with E-state index >= 15 is 0 Å². The third-order valence-electron chi connectivity index (χ3n) is 5.88. The second-order valence-corrected chi connectivity index (χ2v) is 8.08. The van der Waals surface area contributed by atoms with Crippen LogP contribution in [0.3, 0.4) is 0 Å². The average Bonchev–Trinajstić information content (AvgIpc) is 2.84. The van der Waals surface area contributed by atoms with Crippen molar-refractivity contribution >= 4 is 23.1 Å². The highest BCUT2D eigenvalue weighted by molar-refractivity contribution is 5.80. The zero-order valence-electron chi connectivity index (χ0n) is 19.4. The fourth-order valence-corrected chi connectivity index (χ4v) is 3.90. The van der Waals surface area contributed by atoms with E-state index in [1.165, 1.54) is 28.8 Å². The average molecular weight is 461 g/mol. The van der Waals surface area contributed by atoms with Crippen LogP contribution in [0.2, 0.25) is 0 Å². The van der Waals surface area contributed by atoms with Crippen LogP contribution < -0.4 is 5.56 Å². The van der Waals surface area contributed by atoms with Crippen molar-refractivity contribution < 1.29 is 8.78 Å². The SMILES string of the molecule is CCN(CC)Cc1ccc(F)c(C=Cc2nc3ccc(F)cc3c(=O)n2-c2cnccc2C)c1. The van der Waals surface area contributed by atoms with E-state index in [9.17, 15) is 13.6 Å². The van der Waals surface area contributed by atoms with Crippen molar-refractivity contribution in [2.45, 2.75) is 27.3 Å². The molecule has 5 nitrogen and oxygen atoms in total. The standard InChI is InChI=1S/C27H26F2N4O/c1-4-32(5-2)17-19-6-9-23(29)20(14-19)7-11-26-31-24-10-8-21(28)15-22(24)27(34)33(26)25-16-30-13-12-18(25)3/h6-16H,4-5,17H2,1-3H3. The van der Waals surface area contributed by atoms with Crippen LogP contribution in [-0.2, 0) is 6.54 Å². The zero-order chi connectivity index (χ0) is 24.2.